The Morgan fingerprint density at radius 3 is 2.57 bits per heavy atom. The Labute approximate surface area is 184 Å². The summed E-state index contributed by atoms with van der Waals surface area (Å²) < 4.78 is 0. The molecule has 1 aliphatic carbocycles. The van der Waals surface area contributed by atoms with Crippen LogP contribution in [-0.4, -0.2) is 41.4 Å². The molecule has 1 aromatic carbocycles. The van der Waals surface area contributed by atoms with Gasteiger partial charge in [0.15, 0.2) is 0 Å². The zero-order valence-corrected chi connectivity index (χ0v) is 19.2. The molecule has 2 N–H and O–H groups in total. The summed E-state index contributed by atoms with van der Waals surface area (Å²) >= 11 is 5.98. The highest BCUT2D eigenvalue weighted by Crippen LogP contribution is 2.54. The van der Waals surface area contributed by atoms with Crippen LogP contribution in [0, 0.1) is 29.6 Å². The van der Waals surface area contributed by atoms with Crippen molar-refractivity contribution in [3.63, 3.8) is 0 Å². The second kappa shape index (κ2) is 8.16. The van der Waals surface area contributed by atoms with Crippen molar-refractivity contribution in [3.05, 3.63) is 34.9 Å². The second-order valence-corrected chi connectivity index (χ2v) is 10.8. The first-order valence-corrected chi connectivity index (χ1v) is 11.7. The van der Waals surface area contributed by atoms with E-state index in [-0.39, 0.29) is 35.6 Å². The maximum atomic E-state index is 13.6. The fourth-order valence-electron chi connectivity index (χ4n) is 6.19. The molecule has 2 amide bonds. The van der Waals surface area contributed by atoms with E-state index in [1.54, 1.807) is 0 Å². The van der Waals surface area contributed by atoms with Crippen LogP contribution in [0.4, 0.5) is 0 Å². The van der Waals surface area contributed by atoms with Crippen molar-refractivity contribution in [2.24, 2.45) is 29.6 Å². The summed E-state index contributed by atoms with van der Waals surface area (Å²) in [6, 6.07) is 7.69. The number of likely N-dealkylation sites (tertiary alicyclic amines) is 1. The second-order valence-electron chi connectivity index (χ2n) is 10.3. The van der Waals surface area contributed by atoms with E-state index in [1.165, 1.54) is 0 Å². The lowest BCUT2D eigenvalue weighted by atomic mass is 9.57. The third-order valence-corrected chi connectivity index (χ3v) is 7.39. The fourth-order valence-corrected chi connectivity index (χ4v) is 6.31. The quantitative estimate of drug-likeness (QED) is 0.694. The van der Waals surface area contributed by atoms with Gasteiger partial charge in [-0.05, 0) is 48.3 Å². The maximum Gasteiger partial charge on any atom is 0.246 e. The molecule has 0 aromatic heterocycles. The van der Waals surface area contributed by atoms with Crippen molar-refractivity contribution >= 4 is 23.4 Å². The lowest BCUT2D eigenvalue weighted by Gasteiger charge is -2.55. The summed E-state index contributed by atoms with van der Waals surface area (Å²) in [5, 5.41) is 7.02. The first-order chi connectivity index (χ1) is 14.2. The largest absolute Gasteiger partial charge is 0.350 e. The van der Waals surface area contributed by atoms with Gasteiger partial charge in [0.1, 0.15) is 5.54 Å². The minimum atomic E-state index is -0.802. The summed E-state index contributed by atoms with van der Waals surface area (Å²) in [4.78, 5) is 29.2. The molecule has 1 aromatic rings. The van der Waals surface area contributed by atoms with Gasteiger partial charge in [-0.15, -0.1) is 0 Å². The van der Waals surface area contributed by atoms with Crippen molar-refractivity contribution < 1.29 is 9.59 Å². The molecule has 4 bridgehead atoms. The SMILES string of the molecule is CC(C)CC1C2C3C(=O)NC1(C(=O)NCc1ccc(Cl)cc1)CC3CN2CC(C)C. The predicted molar refractivity (Wildman–Crippen MR) is 119 cm³/mol. The van der Waals surface area contributed by atoms with Gasteiger partial charge in [-0.25, -0.2) is 0 Å². The average Bonchev–Trinajstić information content (AvgIpc) is 2.97. The van der Waals surface area contributed by atoms with E-state index in [2.05, 4.69) is 43.2 Å². The van der Waals surface area contributed by atoms with Gasteiger partial charge >= 0.3 is 0 Å². The number of carbonyl (C=O) groups excluding carboxylic acids is 2. The summed E-state index contributed by atoms with van der Waals surface area (Å²) in [5.41, 5.74) is 0.202. The summed E-state index contributed by atoms with van der Waals surface area (Å²) in [5.74, 6) is 1.49. The zero-order chi connectivity index (χ0) is 21.6. The summed E-state index contributed by atoms with van der Waals surface area (Å²) in [7, 11) is 0. The van der Waals surface area contributed by atoms with Crippen LogP contribution >= 0.6 is 11.6 Å². The molecule has 4 aliphatic rings. The Morgan fingerprint density at radius 2 is 1.93 bits per heavy atom. The number of hydrogen-bond donors (Lipinski definition) is 2. The van der Waals surface area contributed by atoms with Crippen LogP contribution in [-0.2, 0) is 16.1 Å². The molecule has 5 atom stereocenters. The topological polar surface area (TPSA) is 61.4 Å². The third-order valence-electron chi connectivity index (χ3n) is 7.14. The van der Waals surface area contributed by atoms with Crippen molar-refractivity contribution in [1.82, 2.24) is 15.5 Å². The van der Waals surface area contributed by atoms with Gasteiger partial charge in [0.2, 0.25) is 11.8 Å². The maximum absolute atomic E-state index is 13.6. The van der Waals surface area contributed by atoms with Gasteiger partial charge in [-0.2, -0.15) is 0 Å². The third kappa shape index (κ3) is 3.75. The van der Waals surface area contributed by atoms with Gasteiger partial charge in [0.25, 0.3) is 0 Å². The number of nitrogens with one attached hydrogen (secondary N) is 2. The molecule has 5 unspecified atom stereocenters. The fraction of sp³-hybridized carbons (Fsp3) is 0.667. The molecule has 1 saturated carbocycles. The van der Waals surface area contributed by atoms with E-state index in [0.29, 0.717) is 23.4 Å². The van der Waals surface area contributed by atoms with E-state index in [1.807, 2.05) is 24.3 Å². The number of carbonyl (C=O) groups is 2. The Balaban J connectivity index is 1.61. The molecule has 164 valence electrons. The molecule has 0 radical (unpaired) electrons. The molecule has 4 fully saturated rings. The molecular formula is C24H34ClN3O2. The molecule has 5 rings (SSSR count). The summed E-state index contributed by atoms with van der Waals surface area (Å²) in [6.07, 6.45) is 1.69. The smallest absolute Gasteiger partial charge is 0.246 e. The summed E-state index contributed by atoms with van der Waals surface area (Å²) in [6.45, 7) is 11.2. The molecule has 3 aliphatic heterocycles. The lowest BCUT2D eigenvalue weighted by molar-refractivity contribution is -0.155. The van der Waals surface area contributed by atoms with E-state index in [9.17, 15) is 9.59 Å². The molecule has 30 heavy (non-hydrogen) atoms. The van der Waals surface area contributed by atoms with Crippen molar-refractivity contribution in [1.29, 1.82) is 0 Å². The monoisotopic (exact) mass is 431 g/mol. The van der Waals surface area contributed by atoms with E-state index in [4.69, 9.17) is 11.6 Å². The standard InChI is InChI=1S/C24H34ClN3O2/c1-14(2)9-19-21-20-17(13-28(21)12-15(3)4)10-24(19,27-22(20)29)23(30)26-11-16-5-7-18(25)8-6-16/h5-8,14-15,17,19-21H,9-13H2,1-4H3,(H,26,30)(H,27,29). The molecular weight excluding hydrogens is 398 g/mol. The number of fused-ring (bicyclic) bond motifs is 1. The number of hydrogen-bond acceptors (Lipinski definition) is 3. The van der Waals surface area contributed by atoms with Crippen LogP contribution in [0.5, 0.6) is 0 Å². The Morgan fingerprint density at radius 1 is 1.23 bits per heavy atom. The van der Waals surface area contributed by atoms with E-state index < -0.39 is 5.54 Å². The Kier molecular flexibility index (Phi) is 5.88. The minimum Gasteiger partial charge on any atom is -0.350 e. The zero-order valence-electron chi connectivity index (χ0n) is 18.5. The first kappa shape index (κ1) is 21.6. The highest BCUT2D eigenvalue weighted by atomic mass is 35.5. The molecule has 3 saturated heterocycles. The van der Waals surface area contributed by atoms with E-state index in [0.717, 1.165) is 31.5 Å². The van der Waals surface area contributed by atoms with Crippen LogP contribution in [0.2, 0.25) is 5.02 Å². The van der Waals surface area contributed by atoms with Crippen LogP contribution in [0.3, 0.4) is 0 Å². The van der Waals surface area contributed by atoms with Gasteiger partial charge in [0, 0.05) is 36.6 Å². The van der Waals surface area contributed by atoms with Crippen molar-refractivity contribution in [2.75, 3.05) is 13.1 Å². The van der Waals surface area contributed by atoms with Gasteiger partial charge in [-0.3, -0.25) is 14.5 Å². The molecule has 0 spiro atoms. The number of rotatable bonds is 7. The van der Waals surface area contributed by atoms with Crippen LogP contribution in [0.25, 0.3) is 0 Å². The predicted octanol–water partition coefficient (Wildman–Crippen LogP) is 3.46. The van der Waals surface area contributed by atoms with Gasteiger partial charge < -0.3 is 10.6 Å². The number of halogens is 1. The van der Waals surface area contributed by atoms with Gasteiger partial charge in [-0.1, -0.05) is 51.4 Å². The normalized spacial score (nSPS) is 32.7. The van der Waals surface area contributed by atoms with Crippen molar-refractivity contribution in [2.45, 2.75) is 58.7 Å². The number of piperidine rings is 2. The highest BCUT2D eigenvalue weighted by molar-refractivity contribution is 6.30. The van der Waals surface area contributed by atoms with Gasteiger partial charge in [0.05, 0.1) is 5.92 Å². The Bertz CT molecular complexity index is 809. The molecule has 5 nitrogen and oxygen atoms in total. The van der Waals surface area contributed by atoms with Crippen LogP contribution in [0.1, 0.15) is 46.1 Å². The minimum absolute atomic E-state index is 0.0263. The lowest BCUT2D eigenvalue weighted by Crippen LogP contribution is -2.76. The van der Waals surface area contributed by atoms with Crippen molar-refractivity contribution in [3.8, 4) is 0 Å². The van der Waals surface area contributed by atoms with Crippen LogP contribution < -0.4 is 10.6 Å². The molecule has 3 heterocycles. The first-order valence-electron chi connectivity index (χ1n) is 11.3. The Hall–Kier alpha value is -1.59. The number of benzene rings is 1. The van der Waals surface area contributed by atoms with E-state index >= 15 is 0 Å². The number of nitrogens with zero attached hydrogens (tertiary/aromatic N) is 1. The molecule has 6 heteroatoms. The average molecular weight is 432 g/mol. The number of amides is 2. The van der Waals surface area contributed by atoms with Crippen LogP contribution in [0.15, 0.2) is 24.3 Å². The highest BCUT2D eigenvalue weighted by Gasteiger charge is 2.67.